The Morgan fingerprint density at radius 1 is 1.04 bits per heavy atom. The van der Waals surface area contributed by atoms with Crippen molar-refractivity contribution in [3.05, 3.63) is 42.0 Å². The molecule has 53 heavy (non-hydrogen) atoms. The van der Waals surface area contributed by atoms with Gasteiger partial charge < -0.3 is 37.0 Å². The molecule has 2 fully saturated rings. The second-order valence-electron chi connectivity index (χ2n) is 14.1. The molecule has 0 radical (unpaired) electrons. The molecule has 0 bridgehead atoms. The summed E-state index contributed by atoms with van der Waals surface area (Å²) in [5.74, 6) is -1.43. The summed E-state index contributed by atoms with van der Waals surface area (Å²) < 4.78 is 1.48. The molecule has 17 nitrogen and oxygen atoms in total. The number of amides is 6. The van der Waals surface area contributed by atoms with E-state index in [0.29, 0.717) is 30.5 Å². The van der Waals surface area contributed by atoms with Crippen molar-refractivity contribution >= 4 is 35.4 Å². The minimum absolute atomic E-state index is 0.0164. The molecule has 2 aliphatic rings. The minimum Gasteiger partial charge on any atom is -0.384 e. The summed E-state index contributed by atoms with van der Waals surface area (Å²) >= 11 is 0. The first kappa shape index (κ1) is 40.4. The van der Waals surface area contributed by atoms with E-state index in [9.17, 15) is 33.9 Å². The van der Waals surface area contributed by atoms with Crippen molar-refractivity contribution in [2.75, 3.05) is 19.6 Å². The fraction of sp³-hybridized carbons (Fsp3) is 0.583. The number of pyridine rings is 1. The highest BCUT2D eigenvalue weighted by atomic mass is 16.3. The highest BCUT2D eigenvalue weighted by Gasteiger charge is 2.45. The Balaban J connectivity index is 1.59. The summed E-state index contributed by atoms with van der Waals surface area (Å²) in [5.41, 5.74) is 4.69. The molecule has 2 aromatic rings. The van der Waals surface area contributed by atoms with Crippen LogP contribution in [-0.4, -0.2) is 103 Å². The molecule has 7 N–H and O–H groups in total. The maximum Gasteiger partial charge on any atom is 0.315 e. The van der Waals surface area contributed by atoms with E-state index >= 15 is 0 Å². The maximum atomic E-state index is 14.6. The van der Waals surface area contributed by atoms with Crippen molar-refractivity contribution in [1.82, 2.24) is 46.1 Å². The summed E-state index contributed by atoms with van der Waals surface area (Å²) in [6, 6.07) is -1.41. The monoisotopic (exact) mass is 734 g/mol. The molecule has 1 aliphatic heterocycles. The molecule has 2 aromatic heterocycles. The number of ketones is 1. The van der Waals surface area contributed by atoms with Gasteiger partial charge in [0.05, 0.1) is 30.5 Å². The quantitative estimate of drug-likeness (QED) is 0.0745. The van der Waals surface area contributed by atoms with Crippen LogP contribution in [0.1, 0.15) is 100 Å². The largest absolute Gasteiger partial charge is 0.384 e. The van der Waals surface area contributed by atoms with Crippen LogP contribution >= 0.6 is 0 Å². The topological polar surface area (TPSA) is 244 Å². The van der Waals surface area contributed by atoms with Crippen molar-refractivity contribution in [3.8, 4) is 12.3 Å². The van der Waals surface area contributed by atoms with E-state index in [1.54, 1.807) is 26.0 Å². The molecule has 1 saturated heterocycles. The number of carbonyl (C=O) groups is 6. The van der Waals surface area contributed by atoms with Gasteiger partial charge in [0.2, 0.25) is 17.6 Å². The zero-order valence-corrected chi connectivity index (χ0v) is 30.3. The van der Waals surface area contributed by atoms with Gasteiger partial charge in [-0.15, -0.1) is 11.5 Å². The van der Waals surface area contributed by atoms with Crippen LogP contribution in [-0.2, 0) is 24.8 Å². The molecule has 1 saturated carbocycles. The lowest BCUT2D eigenvalue weighted by Gasteiger charge is -2.32. The van der Waals surface area contributed by atoms with Gasteiger partial charge in [-0.3, -0.25) is 29.0 Å². The first-order chi connectivity index (χ1) is 25.3. The summed E-state index contributed by atoms with van der Waals surface area (Å²) in [4.78, 5) is 84.2. The normalized spacial score (nSPS) is 18.6. The number of terminal acetylenes is 1. The zero-order chi connectivity index (χ0) is 38.5. The molecule has 17 heteroatoms. The first-order valence-corrected chi connectivity index (χ1v) is 18.0. The Hall–Kier alpha value is -5.37. The van der Waals surface area contributed by atoms with Crippen LogP contribution in [0, 0.1) is 18.3 Å². The number of carbonyl (C=O) groups excluding carboxylic acids is 6. The Morgan fingerprint density at radius 3 is 2.42 bits per heavy atom. The molecule has 1 unspecified atom stereocenters. The van der Waals surface area contributed by atoms with Crippen molar-refractivity contribution in [2.24, 2.45) is 11.7 Å². The number of hydrogen-bond acceptors (Lipinski definition) is 10. The molecule has 3 heterocycles. The average molecular weight is 735 g/mol. The first-order valence-electron chi connectivity index (χ1n) is 18.0. The number of primary amides is 1. The fourth-order valence-electron chi connectivity index (χ4n) is 6.93. The smallest absolute Gasteiger partial charge is 0.315 e. The van der Waals surface area contributed by atoms with Crippen LogP contribution in [0.2, 0.25) is 0 Å². The third kappa shape index (κ3) is 11.3. The number of Topliss-reactive ketones (excluding diaryl/α,β-unsaturated/α-hetero) is 1. The van der Waals surface area contributed by atoms with E-state index in [1.807, 2.05) is 0 Å². The summed E-state index contributed by atoms with van der Waals surface area (Å²) in [5, 5.41) is 29.7. The number of urea groups is 1. The van der Waals surface area contributed by atoms with Gasteiger partial charge in [-0.2, -0.15) is 0 Å². The molecule has 1 aliphatic carbocycles. The summed E-state index contributed by atoms with van der Waals surface area (Å²) in [7, 11) is 0. The van der Waals surface area contributed by atoms with Crippen molar-refractivity contribution in [3.63, 3.8) is 0 Å². The number of aliphatic hydroxyl groups is 1. The number of hydrogen-bond donors (Lipinski definition) is 6. The highest BCUT2D eigenvalue weighted by Crippen LogP contribution is 2.33. The number of nitrogens with two attached hydrogens (primary N) is 1. The van der Waals surface area contributed by atoms with Gasteiger partial charge >= 0.3 is 6.03 Å². The van der Waals surface area contributed by atoms with Gasteiger partial charge in [0.15, 0.2) is 0 Å². The van der Waals surface area contributed by atoms with Gasteiger partial charge in [-0.25, -0.2) is 9.48 Å². The van der Waals surface area contributed by atoms with E-state index in [2.05, 4.69) is 42.5 Å². The standard InChI is InChI=1S/C36H50N10O7/c1-4-15-39-35(52)40-16-9-8-12-26(30(47)31(37)48)42-33(50)28-20-25(46-29(21-41-44-46)36(2,3)53)22-45(28)34(51)27(19-23-10-6-5-7-11-23)43-32(49)24-13-17-38-18-14-24/h1,13-14,17-18,21,23,25-28,53H,5-12,15-16,19-20,22H2,2-3H3,(H2,37,48)(H,42,50)(H,43,49)(H2,39,40,52)/t25-,26?,27+,28-/m0/s1. The number of likely N-dealkylation sites (tertiary alicyclic amines) is 1. The predicted octanol–water partition coefficient (Wildman–Crippen LogP) is 0.453. The SMILES string of the molecule is C#CCNC(=O)NCCCCC(NC(=O)[C@@H]1C[C@H](n2nncc2C(C)(C)O)CN1C(=O)[C@@H](CC1CCCCC1)NC(=O)c1ccncc1)C(=O)C(N)=O. The Morgan fingerprint density at radius 2 is 1.75 bits per heavy atom. The molecule has 0 aromatic carbocycles. The average Bonchev–Trinajstić information content (AvgIpc) is 3.82. The van der Waals surface area contributed by atoms with Crippen LogP contribution in [0.25, 0.3) is 0 Å². The molecular weight excluding hydrogens is 684 g/mol. The van der Waals surface area contributed by atoms with E-state index in [4.69, 9.17) is 12.2 Å². The van der Waals surface area contributed by atoms with Crippen LogP contribution in [0.3, 0.4) is 0 Å². The second-order valence-corrected chi connectivity index (χ2v) is 14.1. The van der Waals surface area contributed by atoms with Gasteiger partial charge in [-0.05, 0) is 57.6 Å². The molecule has 6 amide bonds. The molecule has 4 atom stereocenters. The number of aromatic nitrogens is 4. The van der Waals surface area contributed by atoms with Crippen molar-refractivity contribution < 1.29 is 33.9 Å². The second kappa shape index (κ2) is 18.9. The summed E-state index contributed by atoms with van der Waals surface area (Å²) in [6.07, 6.45) is 15.6. The van der Waals surface area contributed by atoms with E-state index in [-0.39, 0.29) is 38.4 Å². The van der Waals surface area contributed by atoms with Gasteiger partial charge in [-0.1, -0.05) is 43.2 Å². The van der Waals surface area contributed by atoms with Gasteiger partial charge in [0.25, 0.3) is 11.8 Å². The lowest BCUT2D eigenvalue weighted by molar-refractivity contribution is -0.142. The molecule has 0 spiro atoms. The minimum atomic E-state index is -1.35. The van der Waals surface area contributed by atoms with Crippen LogP contribution in [0.4, 0.5) is 4.79 Å². The Kier molecular flexibility index (Phi) is 14.4. The van der Waals surface area contributed by atoms with Crippen LogP contribution in [0.15, 0.2) is 30.7 Å². The molecular formula is C36H50N10O7. The van der Waals surface area contributed by atoms with Crippen molar-refractivity contribution in [2.45, 2.75) is 108 Å². The maximum absolute atomic E-state index is 14.6. The number of unbranched alkanes of at least 4 members (excludes halogenated alkanes) is 1. The van der Waals surface area contributed by atoms with Crippen molar-refractivity contribution in [1.29, 1.82) is 0 Å². The lowest BCUT2D eigenvalue weighted by atomic mass is 9.84. The Labute approximate surface area is 308 Å². The number of nitrogens with zero attached hydrogens (tertiary/aromatic N) is 5. The van der Waals surface area contributed by atoms with Crippen LogP contribution < -0.4 is 27.0 Å². The highest BCUT2D eigenvalue weighted by molar-refractivity contribution is 6.37. The molecule has 4 rings (SSSR count). The fourth-order valence-corrected chi connectivity index (χ4v) is 6.93. The number of rotatable bonds is 17. The van der Waals surface area contributed by atoms with Gasteiger partial charge in [0, 0.05) is 37.5 Å². The summed E-state index contributed by atoms with van der Waals surface area (Å²) in [6.45, 7) is 3.42. The third-order valence-corrected chi connectivity index (χ3v) is 9.68. The number of nitrogens with one attached hydrogen (secondary N) is 4. The Bertz CT molecular complexity index is 1650. The van der Waals surface area contributed by atoms with E-state index in [0.717, 1.165) is 32.1 Å². The predicted molar refractivity (Wildman–Crippen MR) is 191 cm³/mol. The van der Waals surface area contributed by atoms with E-state index < -0.39 is 65.2 Å². The van der Waals surface area contributed by atoms with E-state index in [1.165, 1.54) is 28.2 Å². The third-order valence-electron chi connectivity index (χ3n) is 9.68. The zero-order valence-electron chi connectivity index (χ0n) is 30.3. The molecule has 286 valence electrons. The van der Waals surface area contributed by atoms with Gasteiger partial charge in [0.1, 0.15) is 17.7 Å². The van der Waals surface area contributed by atoms with Crippen LogP contribution in [0.5, 0.6) is 0 Å². The lowest BCUT2D eigenvalue weighted by Crippen LogP contribution is -2.56.